The highest BCUT2D eigenvalue weighted by atomic mass is 16.6. The summed E-state index contributed by atoms with van der Waals surface area (Å²) in [6.45, 7) is 0. The predicted molar refractivity (Wildman–Crippen MR) is 101 cm³/mol. The number of rotatable bonds is 5. The van der Waals surface area contributed by atoms with Crippen molar-refractivity contribution in [1.29, 1.82) is 0 Å². The van der Waals surface area contributed by atoms with Gasteiger partial charge in [-0.2, -0.15) is 0 Å². The molecule has 10 nitrogen and oxygen atoms in total. The number of nitrogens with one attached hydrogen (secondary N) is 1. The number of methoxy groups -OCH3 is 1. The van der Waals surface area contributed by atoms with Gasteiger partial charge in [-0.3, -0.25) is 24.9 Å². The van der Waals surface area contributed by atoms with Crippen LogP contribution >= 0.6 is 0 Å². The Morgan fingerprint density at radius 3 is 2.57 bits per heavy atom. The maximum absolute atomic E-state index is 12.2. The van der Waals surface area contributed by atoms with Crippen molar-refractivity contribution in [1.82, 2.24) is 9.55 Å². The van der Waals surface area contributed by atoms with E-state index in [1.165, 1.54) is 43.5 Å². The second-order valence-corrected chi connectivity index (χ2v) is 5.57. The molecule has 0 aliphatic rings. The third-order valence-corrected chi connectivity index (χ3v) is 3.83. The lowest BCUT2D eigenvalue weighted by Gasteiger charge is -2.10. The molecule has 1 aromatic heterocycles. The van der Waals surface area contributed by atoms with Gasteiger partial charge in [-0.15, -0.1) is 0 Å². The van der Waals surface area contributed by atoms with Crippen molar-refractivity contribution in [2.24, 2.45) is 4.99 Å². The van der Waals surface area contributed by atoms with Crippen LogP contribution in [0, 0.1) is 10.1 Å². The Bertz CT molecular complexity index is 1180. The van der Waals surface area contributed by atoms with Gasteiger partial charge in [0.25, 0.3) is 11.2 Å². The van der Waals surface area contributed by atoms with Gasteiger partial charge in [-0.1, -0.05) is 6.07 Å². The fourth-order valence-electron chi connectivity index (χ4n) is 2.45. The second kappa shape index (κ2) is 7.58. The highest BCUT2D eigenvalue weighted by Crippen LogP contribution is 2.21. The monoisotopic (exact) mass is 382 g/mol. The molecule has 28 heavy (non-hydrogen) atoms. The number of aromatic amines is 1. The van der Waals surface area contributed by atoms with Crippen LogP contribution in [0.4, 0.5) is 11.4 Å². The molecule has 10 heteroatoms. The van der Waals surface area contributed by atoms with Gasteiger partial charge in [0.15, 0.2) is 0 Å². The van der Waals surface area contributed by atoms with Crippen LogP contribution in [-0.4, -0.2) is 32.9 Å². The summed E-state index contributed by atoms with van der Waals surface area (Å²) in [6.07, 6.45) is 1.03. The van der Waals surface area contributed by atoms with Gasteiger partial charge in [0.2, 0.25) is 5.88 Å². The van der Waals surface area contributed by atoms with Crippen molar-refractivity contribution >= 4 is 17.6 Å². The molecule has 0 spiro atoms. The molecular weight excluding hydrogens is 368 g/mol. The first-order chi connectivity index (χ1) is 13.4. The van der Waals surface area contributed by atoms with E-state index in [9.17, 15) is 24.8 Å². The van der Waals surface area contributed by atoms with E-state index < -0.39 is 22.1 Å². The molecular formula is C18H14N4O6. The van der Waals surface area contributed by atoms with Gasteiger partial charge in [0.1, 0.15) is 11.3 Å². The summed E-state index contributed by atoms with van der Waals surface area (Å²) in [7, 11) is 1.49. The summed E-state index contributed by atoms with van der Waals surface area (Å²) in [5, 5.41) is 21.3. The van der Waals surface area contributed by atoms with Crippen molar-refractivity contribution in [3.8, 4) is 17.3 Å². The molecule has 0 saturated heterocycles. The van der Waals surface area contributed by atoms with Gasteiger partial charge < -0.3 is 9.84 Å². The molecule has 3 aromatic rings. The first kappa shape index (κ1) is 18.6. The molecule has 0 radical (unpaired) electrons. The van der Waals surface area contributed by atoms with Crippen molar-refractivity contribution in [2.45, 2.75) is 0 Å². The summed E-state index contributed by atoms with van der Waals surface area (Å²) in [6, 6.07) is 11.7. The first-order valence-corrected chi connectivity index (χ1v) is 7.92. The zero-order chi connectivity index (χ0) is 20.3. The fourth-order valence-corrected chi connectivity index (χ4v) is 2.45. The van der Waals surface area contributed by atoms with E-state index in [1.54, 1.807) is 12.1 Å². The van der Waals surface area contributed by atoms with Crippen molar-refractivity contribution in [3.63, 3.8) is 0 Å². The van der Waals surface area contributed by atoms with Gasteiger partial charge >= 0.3 is 5.69 Å². The fraction of sp³-hybridized carbons (Fsp3) is 0.0556. The van der Waals surface area contributed by atoms with Crippen LogP contribution in [0.1, 0.15) is 5.56 Å². The molecule has 0 atom stereocenters. The largest absolute Gasteiger partial charge is 0.497 e. The van der Waals surface area contributed by atoms with Gasteiger partial charge in [-0.25, -0.2) is 9.36 Å². The van der Waals surface area contributed by atoms with Crippen LogP contribution in [0.25, 0.3) is 5.69 Å². The lowest BCUT2D eigenvalue weighted by atomic mass is 10.2. The van der Waals surface area contributed by atoms with Crippen LogP contribution in [-0.2, 0) is 0 Å². The number of hydrogen-bond donors (Lipinski definition) is 2. The predicted octanol–water partition coefficient (Wildman–Crippen LogP) is 1.90. The number of aromatic hydroxyl groups is 1. The first-order valence-electron chi connectivity index (χ1n) is 7.92. The SMILES string of the molecule is COc1ccc(-n2c(O)c(C=Nc3cccc([N+](=O)[O-])c3)c(=O)[nH]c2=O)cc1. The Labute approximate surface area is 157 Å². The molecule has 2 N–H and O–H groups in total. The molecule has 2 aromatic carbocycles. The summed E-state index contributed by atoms with van der Waals surface area (Å²) in [4.78, 5) is 40.6. The normalized spacial score (nSPS) is 10.9. The van der Waals surface area contributed by atoms with E-state index in [0.29, 0.717) is 11.4 Å². The van der Waals surface area contributed by atoms with Crippen molar-refractivity contribution < 1.29 is 14.8 Å². The second-order valence-electron chi connectivity index (χ2n) is 5.57. The minimum absolute atomic E-state index is 0.170. The van der Waals surface area contributed by atoms with Crippen LogP contribution in [0.5, 0.6) is 11.6 Å². The van der Waals surface area contributed by atoms with Gasteiger partial charge in [0, 0.05) is 18.3 Å². The number of H-pyrrole nitrogens is 1. The van der Waals surface area contributed by atoms with E-state index >= 15 is 0 Å². The van der Waals surface area contributed by atoms with Crippen molar-refractivity contribution in [2.75, 3.05) is 7.11 Å². The maximum atomic E-state index is 12.2. The molecule has 142 valence electrons. The van der Waals surface area contributed by atoms with Crippen LogP contribution in [0.2, 0.25) is 0 Å². The molecule has 0 aliphatic heterocycles. The minimum Gasteiger partial charge on any atom is -0.497 e. The van der Waals surface area contributed by atoms with Crippen molar-refractivity contribution in [3.05, 3.63) is 85.0 Å². The number of ether oxygens (including phenoxy) is 1. The highest BCUT2D eigenvalue weighted by molar-refractivity contribution is 5.84. The quantitative estimate of drug-likeness (QED) is 0.392. The topological polar surface area (TPSA) is 140 Å². The average molecular weight is 382 g/mol. The number of benzene rings is 2. The molecule has 1 heterocycles. The van der Waals surface area contributed by atoms with E-state index in [0.717, 1.165) is 10.8 Å². The maximum Gasteiger partial charge on any atom is 0.335 e. The number of nitro groups is 1. The van der Waals surface area contributed by atoms with E-state index in [4.69, 9.17) is 4.74 Å². The minimum atomic E-state index is -0.846. The van der Waals surface area contributed by atoms with Crippen LogP contribution in [0.3, 0.4) is 0 Å². The standard InChI is InChI=1S/C18H14N4O6/c1-28-14-7-5-12(6-8-14)21-17(24)15(16(23)20-18(21)25)10-19-11-3-2-4-13(9-11)22(26)27/h2-10,24H,1H3,(H,20,23,25). The Morgan fingerprint density at radius 2 is 1.93 bits per heavy atom. The number of aliphatic imine (C=N–C) groups is 1. The van der Waals surface area contributed by atoms with E-state index in [2.05, 4.69) is 9.98 Å². The average Bonchev–Trinajstić information content (AvgIpc) is 2.68. The highest BCUT2D eigenvalue weighted by Gasteiger charge is 2.14. The van der Waals surface area contributed by atoms with Crippen LogP contribution in [0.15, 0.2) is 63.1 Å². The third-order valence-electron chi connectivity index (χ3n) is 3.83. The van der Waals surface area contributed by atoms with E-state index in [1.807, 2.05) is 0 Å². The number of hydrogen-bond acceptors (Lipinski definition) is 7. The smallest absolute Gasteiger partial charge is 0.335 e. The third kappa shape index (κ3) is 3.65. The molecule has 0 unspecified atom stereocenters. The zero-order valence-corrected chi connectivity index (χ0v) is 14.5. The van der Waals surface area contributed by atoms with E-state index in [-0.39, 0.29) is 16.9 Å². The summed E-state index contributed by atoms with van der Waals surface area (Å²) in [5.41, 5.74) is -1.63. The molecule has 0 fully saturated rings. The molecule has 0 amide bonds. The van der Waals surface area contributed by atoms with Gasteiger partial charge in [-0.05, 0) is 30.3 Å². The number of non-ortho nitro benzene ring substituents is 1. The van der Waals surface area contributed by atoms with Gasteiger partial charge in [0.05, 0.1) is 23.4 Å². The Kier molecular flexibility index (Phi) is 5.03. The Morgan fingerprint density at radius 1 is 1.21 bits per heavy atom. The molecule has 3 rings (SSSR count). The van der Waals surface area contributed by atoms with Crippen LogP contribution < -0.4 is 16.0 Å². The Hall–Kier alpha value is -4.21. The molecule has 0 saturated carbocycles. The summed E-state index contributed by atoms with van der Waals surface area (Å²) in [5.74, 6) is -0.0683. The lowest BCUT2D eigenvalue weighted by Crippen LogP contribution is -2.31. The number of aromatic nitrogens is 2. The summed E-state index contributed by atoms with van der Waals surface area (Å²) >= 11 is 0. The number of nitrogens with zero attached hydrogens (tertiary/aromatic N) is 3. The zero-order valence-electron chi connectivity index (χ0n) is 14.5. The molecule has 0 aliphatic carbocycles. The lowest BCUT2D eigenvalue weighted by molar-refractivity contribution is -0.384. The summed E-state index contributed by atoms with van der Waals surface area (Å²) < 4.78 is 5.94. The Balaban J connectivity index is 2.07. The number of nitro benzene ring substituents is 1. The molecule has 0 bridgehead atoms.